The number of sulfonamides is 1. The van der Waals surface area contributed by atoms with E-state index in [4.69, 9.17) is 0 Å². The van der Waals surface area contributed by atoms with Crippen molar-refractivity contribution in [3.8, 4) is 5.69 Å². The van der Waals surface area contributed by atoms with Crippen LogP contribution in [0.3, 0.4) is 0 Å². The molecule has 2 aromatic heterocycles. The fraction of sp³-hybridized carbons (Fsp3) is 0.200. The molecule has 0 saturated heterocycles. The van der Waals surface area contributed by atoms with Crippen LogP contribution < -0.4 is 11.2 Å². The summed E-state index contributed by atoms with van der Waals surface area (Å²) in [6.07, 6.45) is 0.882. The molecule has 0 bridgehead atoms. The van der Waals surface area contributed by atoms with Crippen LogP contribution in [0.1, 0.15) is 10.5 Å². The van der Waals surface area contributed by atoms with Gasteiger partial charge in [0.05, 0.1) is 22.7 Å². The number of carbonyl (C=O) groups is 1. The van der Waals surface area contributed by atoms with E-state index in [9.17, 15) is 27.2 Å². The zero-order valence-corrected chi connectivity index (χ0v) is 16.0. The predicted molar refractivity (Wildman–Crippen MR) is 97.4 cm³/mol. The van der Waals surface area contributed by atoms with Crippen LogP contribution >= 0.6 is 11.5 Å². The molecule has 9 nitrogen and oxygen atoms in total. The molecular formula is C15H13FN4O5S2. The fourth-order valence-electron chi connectivity index (χ4n) is 2.36. The Morgan fingerprint density at radius 3 is 2.56 bits per heavy atom. The summed E-state index contributed by atoms with van der Waals surface area (Å²) >= 11 is 0.965. The highest BCUT2D eigenvalue weighted by Gasteiger charge is 2.25. The molecule has 1 amide bonds. The van der Waals surface area contributed by atoms with E-state index in [0.717, 1.165) is 29.4 Å². The smallest absolute Gasteiger partial charge is 0.272 e. The third-order valence-electron chi connectivity index (χ3n) is 3.96. The zero-order valence-electron chi connectivity index (χ0n) is 14.3. The first-order valence-electron chi connectivity index (χ1n) is 7.39. The molecule has 0 N–H and O–H groups in total. The predicted octanol–water partition coefficient (Wildman–Crippen LogP) is 0.317. The number of hydrogen-bond acceptors (Lipinski definition) is 7. The summed E-state index contributed by atoms with van der Waals surface area (Å²) in [4.78, 5) is 36.8. The lowest BCUT2D eigenvalue weighted by atomic mass is 10.2. The molecule has 0 saturated carbocycles. The number of fused-ring (bicyclic) bond motifs is 1. The highest BCUT2D eigenvalue weighted by molar-refractivity contribution is 7.88. The molecule has 0 unspecified atom stereocenters. The lowest BCUT2D eigenvalue weighted by Gasteiger charge is -2.13. The Kier molecular flexibility index (Phi) is 4.48. The second kappa shape index (κ2) is 6.39. The van der Waals surface area contributed by atoms with Crippen molar-refractivity contribution in [3.63, 3.8) is 0 Å². The lowest BCUT2D eigenvalue weighted by Crippen LogP contribution is -2.38. The van der Waals surface area contributed by atoms with E-state index >= 15 is 0 Å². The molecule has 0 radical (unpaired) electrons. The van der Waals surface area contributed by atoms with Crippen LogP contribution in [0, 0.1) is 5.95 Å². The largest absolute Gasteiger partial charge is 0.337 e. The minimum atomic E-state index is -3.78. The number of nitrogens with zero attached hydrogens (tertiary/aromatic N) is 4. The van der Waals surface area contributed by atoms with Gasteiger partial charge in [-0.15, -0.1) is 0 Å². The first-order chi connectivity index (χ1) is 12.5. The Morgan fingerprint density at radius 1 is 1.26 bits per heavy atom. The van der Waals surface area contributed by atoms with Crippen LogP contribution in [0.25, 0.3) is 15.8 Å². The normalized spacial score (nSPS) is 11.7. The molecule has 142 valence electrons. The maximum absolute atomic E-state index is 13.5. The molecule has 0 aliphatic heterocycles. The molecule has 0 spiro atoms. The second-order valence-corrected chi connectivity index (χ2v) is 8.55. The van der Waals surface area contributed by atoms with Crippen molar-refractivity contribution in [1.82, 2.24) is 17.8 Å². The van der Waals surface area contributed by atoms with Crippen LogP contribution in [-0.2, 0) is 17.1 Å². The van der Waals surface area contributed by atoms with Gasteiger partial charge >= 0.3 is 5.69 Å². The van der Waals surface area contributed by atoms with Gasteiger partial charge in [-0.25, -0.2) is 22.1 Å². The third kappa shape index (κ3) is 3.17. The molecule has 2 heterocycles. The number of rotatable bonds is 3. The van der Waals surface area contributed by atoms with Gasteiger partial charge in [0, 0.05) is 19.5 Å². The molecule has 27 heavy (non-hydrogen) atoms. The Hall–Kier alpha value is -2.86. The fourth-order valence-corrected chi connectivity index (χ4v) is 3.49. The summed E-state index contributed by atoms with van der Waals surface area (Å²) in [5.74, 6) is -1.83. The van der Waals surface area contributed by atoms with Crippen molar-refractivity contribution in [2.24, 2.45) is 7.05 Å². The van der Waals surface area contributed by atoms with E-state index in [0.29, 0.717) is 19.6 Å². The van der Waals surface area contributed by atoms with Crippen LogP contribution in [0.2, 0.25) is 0 Å². The Morgan fingerprint density at radius 2 is 1.93 bits per heavy atom. The van der Waals surface area contributed by atoms with E-state index in [1.165, 1.54) is 25.2 Å². The maximum Gasteiger partial charge on any atom is 0.337 e. The Balaban J connectivity index is 2.24. The van der Waals surface area contributed by atoms with Crippen molar-refractivity contribution in [3.05, 3.63) is 56.7 Å². The average Bonchev–Trinajstić information content (AvgIpc) is 3.01. The van der Waals surface area contributed by atoms with E-state index < -0.39 is 33.1 Å². The first kappa shape index (κ1) is 18.9. The van der Waals surface area contributed by atoms with Crippen molar-refractivity contribution >= 4 is 37.5 Å². The Bertz CT molecular complexity index is 1310. The number of amides is 1. The average molecular weight is 412 g/mol. The minimum absolute atomic E-state index is 0.101. The summed E-state index contributed by atoms with van der Waals surface area (Å²) < 4.78 is 43.3. The van der Waals surface area contributed by atoms with Gasteiger partial charge in [0.15, 0.2) is 5.69 Å². The van der Waals surface area contributed by atoms with E-state index in [1.54, 1.807) is 0 Å². The van der Waals surface area contributed by atoms with Crippen molar-refractivity contribution in [2.45, 2.75) is 0 Å². The minimum Gasteiger partial charge on any atom is -0.272 e. The van der Waals surface area contributed by atoms with Gasteiger partial charge in [0.2, 0.25) is 16.0 Å². The van der Waals surface area contributed by atoms with Crippen LogP contribution in [-0.4, -0.2) is 45.4 Å². The molecule has 1 aromatic carbocycles. The van der Waals surface area contributed by atoms with Gasteiger partial charge in [-0.2, -0.15) is 8.76 Å². The van der Waals surface area contributed by atoms with Gasteiger partial charge in [-0.05, 0) is 29.7 Å². The summed E-state index contributed by atoms with van der Waals surface area (Å²) in [5, 5.41) is 0.274. The van der Waals surface area contributed by atoms with Crippen molar-refractivity contribution < 1.29 is 17.6 Å². The molecule has 12 heteroatoms. The number of carbonyl (C=O) groups excluding carboxylic acids is 1. The lowest BCUT2D eigenvalue weighted by molar-refractivity contribution is 0.0881. The highest BCUT2D eigenvalue weighted by atomic mass is 32.2. The van der Waals surface area contributed by atoms with Gasteiger partial charge in [-0.3, -0.25) is 14.2 Å². The van der Waals surface area contributed by atoms with Crippen LogP contribution in [0.5, 0.6) is 0 Å². The van der Waals surface area contributed by atoms with Gasteiger partial charge in [0.25, 0.3) is 11.5 Å². The zero-order chi connectivity index (χ0) is 20.1. The molecule has 3 rings (SSSR count). The SMILES string of the molecule is CN(C(=O)c1nsc2ccc(-n3c(=O)cc(F)n(C)c3=O)cc12)S(C)(=O)=O. The summed E-state index contributed by atoms with van der Waals surface area (Å²) in [7, 11) is -1.51. The molecular weight excluding hydrogens is 399 g/mol. The van der Waals surface area contributed by atoms with Crippen LogP contribution in [0.4, 0.5) is 4.39 Å². The standard InChI is InChI=1S/C15H13FN4O5S2/c1-18-11(16)7-12(21)20(15(18)23)8-4-5-10-9(6-8)13(17-26-10)14(22)19(2)27(3,24)25/h4-7H,1-3H3. The molecule has 0 atom stereocenters. The van der Waals surface area contributed by atoms with Gasteiger partial charge in [-0.1, -0.05) is 0 Å². The molecule has 0 aliphatic carbocycles. The summed E-state index contributed by atoms with van der Waals surface area (Å²) in [5.41, 5.74) is -1.80. The quantitative estimate of drug-likeness (QED) is 0.573. The number of benzene rings is 1. The van der Waals surface area contributed by atoms with E-state index in [2.05, 4.69) is 4.37 Å². The second-order valence-electron chi connectivity index (χ2n) is 5.73. The number of aromatic nitrogens is 3. The molecule has 0 aliphatic rings. The number of halogens is 1. The number of hydrogen-bond donors (Lipinski definition) is 0. The van der Waals surface area contributed by atoms with Crippen molar-refractivity contribution in [1.29, 1.82) is 0 Å². The maximum atomic E-state index is 13.5. The van der Waals surface area contributed by atoms with Gasteiger partial charge < -0.3 is 0 Å². The molecule has 3 aromatic rings. The highest BCUT2D eigenvalue weighted by Crippen LogP contribution is 2.26. The van der Waals surface area contributed by atoms with Crippen LogP contribution in [0.15, 0.2) is 33.9 Å². The topological polar surface area (TPSA) is 111 Å². The van der Waals surface area contributed by atoms with E-state index in [-0.39, 0.29) is 16.8 Å². The monoisotopic (exact) mass is 412 g/mol. The summed E-state index contributed by atoms with van der Waals surface area (Å²) in [6.45, 7) is 0. The Labute approximate surface area is 156 Å². The third-order valence-corrected chi connectivity index (χ3v) is 5.95. The summed E-state index contributed by atoms with van der Waals surface area (Å²) in [6, 6.07) is 5.02. The van der Waals surface area contributed by atoms with Gasteiger partial charge in [0.1, 0.15) is 0 Å². The molecule has 0 fully saturated rings. The first-order valence-corrected chi connectivity index (χ1v) is 10.0. The van der Waals surface area contributed by atoms with Crippen molar-refractivity contribution in [2.75, 3.05) is 13.3 Å². The van der Waals surface area contributed by atoms with E-state index in [1.807, 2.05) is 0 Å².